The maximum absolute atomic E-state index is 13.0. The molecule has 2 N–H and O–H groups in total. The average molecular weight is 359 g/mol. The second kappa shape index (κ2) is 5.95. The van der Waals surface area contributed by atoms with Gasteiger partial charge in [0.25, 0.3) is 0 Å². The first-order valence-corrected chi connectivity index (χ1v) is 7.19. The van der Waals surface area contributed by atoms with Crippen LogP contribution in [-0.4, -0.2) is 0 Å². The molecule has 2 rings (SSSR count). The highest BCUT2D eigenvalue weighted by molar-refractivity contribution is 6.32. The van der Waals surface area contributed by atoms with Crippen molar-refractivity contribution in [2.75, 3.05) is 5.73 Å². The highest BCUT2D eigenvalue weighted by Crippen LogP contribution is 2.41. The molecule has 1 atom stereocenters. The molecule has 0 spiro atoms. The lowest BCUT2D eigenvalue weighted by Gasteiger charge is -2.25. The maximum atomic E-state index is 13.0. The number of nitrogen functional groups attached to an aromatic ring is 1. The lowest BCUT2D eigenvalue weighted by Crippen LogP contribution is -2.23. The zero-order valence-electron chi connectivity index (χ0n) is 11.9. The van der Waals surface area contributed by atoms with Gasteiger partial charge in [0, 0.05) is 10.7 Å². The van der Waals surface area contributed by atoms with Gasteiger partial charge in [0.15, 0.2) is 0 Å². The third-order valence-corrected chi connectivity index (χ3v) is 4.25. The molecule has 1 unspecified atom stereocenters. The molecular weight excluding hydrogens is 348 g/mol. The third kappa shape index (κ3) is 3.24. The monoisotopic (exact) mass is 358 g/mol. The van der Waals surface area contributed by atoms with E-state index in [4.69, 9.17) is 28.9 Å². The normalized spacial score (nSPS) is 14.1. The summed E-state index contributed by atoms with van der Waals surface area (Å²) in [7, 11) is 0. The Morgan fingerprint density at radius 2 is 1.65 bits per heavy atom. The van der Waals surface area contributed by atoms with E-state index >= 15 is 0 Å². The molecule has 0 heterocycles. The van der Waals surface area contributed by atoms with E-state index in [2.05, 4.69) is 0 Å². The molecule has 0 aliphatic rings. The second-order valence-corrected chi connectivity index (χ2v) is 5.98. The average Bonchev–Trinajstić information content (AvgIpc) is 2.45. The standard InChI is InChI=1S/C16H11Cl2F3N2/c1-15(8-22,11-4-3-10(23)7-14(11)18)9-2-5-13(17)12(6-9)16(19,20)21/h2-7H,23H2,1H3. The van der Waals surface area contributed by atoms with Gasteiger partial charge in [-0.05, 0) is 42.3 Å². The van der Waals surface area contributed by atoms with Crippen molar-refractivity contribution >= 4 is 28.9 Å². The molecular formula is C16H11Cl2F3N2. The summed E-state index contributed by atoms with van der Waals surface area (Å²) in [6, 6.07) is 9.94. The molecule has 120 valence electrons. The molecule has 0 aliphatic heterocycles. The molecule has 2 aromatic carbocycles. The summed E-state index contributed by atoms with van der Waals surface area (Å²) in [4.78, 5) is 0. The highest BCUT2D eigenvalue weighted by atomic mass is 35.5. The highest BCUT2D eigenvalue weighted by Gasteiger charge is 2.37. The molecule has 2 aromatic rings. The van der Waals surface area contributed by atoms with E-state index in [0.717, 1.165) is 12.1 Å². The lowest BCUT2D eigenvalue weighted by atomic mass is 9.77. The van der Waals surface area contributed by atoms with Gasteiger partial charge in [0.2, 0.25) is 0 Å². The number of anilines is 1. The SMILES string of the molecule is CC(C#N)(c1ccc(Cl)c(C(F)(F)F)c1)c1ccc(N)cc1Cl. The van der Waals surface area contributed by atoms with Crippen molar-refractivity contribution in [3.05, 3.63) is 63.1 Å². The molecule has 2 nitrogen and oxygen atoms in total. The lowest BCUT2D eigenvalue weighted by molar-refractivity contribution is -0.137. The maximum Gasteiger partial charge on any atom is 0.417 e. The van der Waals surface area contributed by atoms with Gasteiger partial charge in [-0.3, -0.25) is 0 Å². The predicted octanol–water partition coefficient (Wildman–Crippen LogP) is 5.42. The molecule has 0 aliphatic carbocycles. The van der Waals surface area contributed by atoms with Gasteiger partial charge >= 0.3 is 6.18 Å². The molecule has 0 amide bonds. The molecule has 0 saturated heterocycles. The first-order chi connectivity index (χ1) is 10.6. The number of nitrogens with two attached hydrogens (primary N) is 1. The van der Waals surface area contributed by atoms with Crippen molar-refractivity contribution in [3.8, 4) is 6.07 Å². The van der Waals surface area contributed by atoms with E-state index in [0.29, 0.717) is 11.3 Å². The molecule has 0 bridgehead atoms. The van der Waals surface area contributed by atoms with E-state index in [9.17, 15) is 18.4 Å². The van der Waals surface area contributed by atoms with Crippen LogP contribution in [0, 0.1) is 11.3 Å². The van der Waals surface area contributed by atoms with Crippen molar-refractivity contribution < 1.29 is 13.2 Å². The fraction of sp³-hybridized carbons (Fsp3) is 0.188. The fourth-order valence-electron chi connectivity index (χ4n) is 2.27. The molecule has 0 fully saturated rings. The van der Waals surface area contributed by atoms with Gasteiger partial charge in [-0.15, -0.1) is 0 Å². The largest absolute Gasteiger partial charge is 0.417 e. The van der Waals surface area contributed by atoms with Crippen molar-refractivity contribution in [2.45, 2.75) is 18.5 Å². The quantitative estimate of drug-likeness (QED) is 0.728. The number of nitrogens with zero attached hydrogens (tertiary/aromatic N) is 1. The Labute approximate surface area is 141 Å². The first kappa shape index (κ1) is 17.5. The van der Waals surface area contributed by atoms with Gasteiger partial charge < -0.3 is 5.73 Å². The number of rotatable bonds is 2. The van der Waals surface area contributed by atoms with Crippen LogP contribution in [0.25, 0.3) is 0 Å². The Kier molecular flexibility index (Phi) is 4.52. The van der Waals surface area contributed by atoms with Crippen LogP contribution in [0.5, 0.6) is 0 Å². The van der Waals surface area contributed by atoms with E-state index in [-0.39, 0.29) is 10.6 Å². The molecule has 0 radical (unpaired) electrons. The van der Waals surface area contributed by atoms with Crippen LogP contribution < -0.4 is 5.73 Å². The van der Waals surface area contributed by atoms with Gasteiger partial charge in [-0.25, -0.2) is 0 Å². The van der Waals surface area contributed by atoms with Crippen molar-refractivity contribution in [3.63, 3.8) is 0 Å². The van der Waals surface area contributed by atoms with E-state index in [1.165, 1.54) is 31.2 Å². The topological polar surface area (TPSA) is 49.8 Å². The molecule has 7 heteroatoms. The minimum atomic E-state index is -4.62. The fourth-order valence-corrected chi connectivity index (χ4v) is 2.87. The van der Waals surface area contributed by atoms with E-state index in [1.807, 2.05) is 6.07 Å². The Morgan fingerprint density at radius 1 is 1.00 bits per heavy atom. The Morgan fingerprint density at radius 3 is 2.17 bits per heavy atom. The summed E-state index contributed by atoms with van der Waals surface area (Å²) in [5.41, 5.74) is 4.15. The van der Waals surface area contributed by atoms with E-state index < -0.39 is 22.2 Å². The van der Waals surface area contributed by atoms with Crippen LogP contribution in [0.15, 0.2) is 36.4 Å². The van der Waals surface area contributed by atoms with Gasteiger partial charge in [0.05, 0.1) is 16.7 Å². The Bertz CT molecular complexity index is 797. The number of hydrogen-bond donors (Lipinski definition) is 1. The minimum Gasteiger partial charge on any atom is -0.399 e. The van der Waals surface area contributed by atoms with Crippen LogP contribution in [0.1, 0.15) is 23.6 Å². The van der Waals surface area contributed by atoms with Gasteiger partial charge in [0.1, 0.15) is 5.41 Å². The van der Waals surface area contributed by atoms with Crippen LogP contribution in [-0.2, 0) is 11.6 Å². The summed E-state index contributed by atoms with van der Waals surface area (Å²) in [5, 5.41) is 9.37. The summed E-state index contributed by atoms with van der Waals surface area (Å²) in [6.45, 7) is 1.49. The predicted molar refractivity (Wildman–Crippen MR) is 84.4 cm³/mol. The number of nitriles is 1. The van der Waals surface area contributed by atoms with Crippen LogP contribution in [0.3, 0.4) is 0 Å². The number of halogens is 5. The molecule has 0 saturated carbocycles. The zero-order valence-corrected chi connectivity index (χ0v) is 13.4. The van der Waals surface area contributed by atoms with Crippen molar-refractivity contribution in [1.82, 2.24) is 0 Å². The van der Waals surface area contributed by atoms with Crippen molar-refractivity contribution in [1.29, 1.82) is 5.26 Å². The molecule has 0 aromatic heterocycles. The Hall–Kier alpha value is -1.90. The number of hydrogen-bond acceptors (Lipinski definition) is 2. The zero-order chi connectivity index (χ0) is 17.4. The summed E-state index contributed by atoms with van der Waals surface area (Å²) >= 11 is 11.8. The summed E-state index contributed by atoms with van der Waals surface area (Å²) in [6.07, 6.45) is -4.62. The van der Waals surface area contributed by atoms with E-state index in [1.54, 1.807) is 0 Å². The minimum absolute atomic E-state index is 0.142. The van der Waals surface area contributed by atoms with Gasteiger partial charge in [-0.2, -0.15) is 18.4 Å². The molecule has 23 heavy (non-hydrogen) atoms. The van der Waals surface area contributed by atoms with Crippen LogP contribution >= 0.6 is 23.2 Å². The second-order valence-electron chi connectivity index (χ2n) is 5.17. The van der Waals surface area contributed by atoms with Crippen LogP contribution in [0.2, 0.25) is 10.0 Å². The number of benzene rings is 2. The Balaban J connectivity index is 2.68. The van der Waals surface area contributed by atoms with Crippen LogP contribution in [0.4, 0.5) is 18.9 Å². The van der Waals surface area contributed by atoms with Gasteiger partial charge in [-0.1, -0.05) is 35.3 Å². The first-order valence-electron chi connectivity index (χ1n) is 6.43. The number of alkyl halides is 3. The summed E-state index contributed by atoms with van der Waals surface area (Å²) in [5.74, 6) is 0. The third-order valence-electron chi connectivity index (χ3n) is 3.60. The smallest absolute Gasteiger partial charge is 0.399 e. The summed E-state index contributed by atoms with van der Waals surface area (Å²) < 4.78 is 39.1. The van der Waals surface area contributed by atoms with Crippen molar-refractivity contribution in [2.24, 2.45) is 0 Å².